The van der Waals surface area contributed by atoms with Gasteiger partial charge in [-0.25, -0.2) is 23.0 Å². The van der Waals surface area contributed by atoms with Crippen LogP contribution in [0.5, 0.6) is 0 Å². The number of hydrogen-bond acceptors (Lipinski definition) is 7. The van der Waals surface area contributed by atoms with Crippen LogP contribution < -0.4 is 9.62 Å². The minimum absolute atomic E-state index is 0.0101. The van der Waals surface area contributed by atoms with Gasteiger partial charge >= 0.3 is 18.1 Å². The van der Waals surface area contributed by atoms with Crippen molar-refractivity contribution >= 4 is 33.5 Å². The van der Waals surface area contributed by atoms with Gasteiger partial charge in [-0.3, -0.25) is 4.72 Å². The van der Waals surface area contributed by atoms with Crippen molar-refractivity contribution in [2.45, 2.75) is 56.5 Å². The maximum atomic E-state index is 12.7. The van der Waals surface area contributed by atoms with Crippen molar-refractivity contribution < 1.29 is 41.4 Å². The molecule has 3 N–H and O–H groups in total. The third-order valence-corrected chi connectivity index (χ3v) is 8.54. The molecule has 1 aromatic carbocycles. The number of carbonyl (C=O) groups is 2. The van der Waals surface area contributed by atoms with Crippen LogP contribution in [-0.4, -0.2) is 79.4 Å². The molecular weight excluding hydrogens is 565 g/mol. The van der Waals surface area contributed by atoms with Crippen molar-refractivity contribution in [3.8, 4) is 0 Å². The Morgan fingerprint density at radius 2 is 1.61 bits per heavy atom. The van der Waals surface area contributed by atoms with Crippen LogP contribution in [0.1, 0.15) is 54.4 Å². The van der Waals surface area contributed by atoms with E-state index in [0.717, 1.165) is 38.0 Å². The molecule has 0 bridgehead atoms. The molecule has 2 aromatic rings. The number of pyridine rings is 1. The maximum absolute atomic E-state index is 12.7. The number of anilines is 2. The van der Waals surface area contributed by atoms with E-state index < -0.39 is 28.1 Å². The van der Waals surface area contributed by atoms with Gasteiger partial charge in [0, 0.05) is 13.1 Å². The van der Waals surface area contributed by atoms with Gasteiger partial charge in [-0.1, -0.05) is 24.1 Å². The van der Waals surface area contributed by atoms with Crippen LogP contribution in [0.3, 0.4) is 0 Å². The summed E-state index contributed by atoms with van der Waals surface area (Å²) in [6, 6.07) is 7.84. The van der Waals surface area contributed by atoms with Crippen LogP contribution in [0.15, 0.2) is 41.4 Å². The molecule has 41 heavy (non-hydrogen) atoms. The molecule has 0 aliphatic carbocycles. The highest BCUT2D eigenvalue weighted by atomic mass is 32.2. The number of sulfonamides is 1. The van der Waals surface area contributed by atoms with Crippen LogP contribution in [0.2, 0.25) is 0 Å². The molecule has 14 heteroatoms. The largest absolute Gasteiger partial charge is 0.490 e. The highest BCUT2D eigenvalue weighted by molar-refractivity contribution is 7.92. The number of carboxylic acids is 2. The number of likely N-dealkylation sites (tertiary alicyclic amines) is 1. The third-order valence-electron chi connectivity index (χ3n) is 7.14. The second kappa shape index (κ2) is 14.0. The number of piperidine rings is 2. The Hall–Kier alpha value is -3.39. The molecule has 226 valence electrons. The van der Waals surface area contributed by atoms with Gasteiger partial charge in [0.05, 0.1) is 16.8 Å². The molecule has 0 atom stereocenters. The quantitative estimate of drug-likeness (QED) is 0.396. The summed E-state index contributed by atoms with van der Waals surface area (Å²) in [5.41, 5.74) is 1.10. The standard InChI is InChI=1S/C25H34N4O4S.C2HF3O2/c1-19-5-7-22(8-6-19)34(32,33)27-21-17-23(25(30)31)24(26-18-21)29-15-10-20(11-16-29)9-14-28-12-3-2-4-13-28;3-2(4,5)1(6)7/h5-8,17-18,20,27H,2-4,9-16H2,1H3,(H,30,31);(H,6,7). The molecule has 10 nitrogen and oxygen atoms in total. The van der Waals surface area contributed by atoms with E-state index in [9.17, 15) is 31.5 Å². The Morgan fingerprint density at radius 1 is 1.02 bits per heavy atom. The maximum Gasteiger partial charge on any atom is 0.490 e. The molecule has 1 aromatic heterocycles. The first-order valence-electron chi connectivity index (χ1n) is 13.4. The molecule has 0 radical (unpaired) electrons. The predicted molar refractivity (Wildman–Crippen MR) is 147 cm³/mol. The smallest absolute Gasteiger partial charge is 0.478 e. The number of hydrogen-bond donors (Lipinski definition) is 3. The summed E-state index contributed by atoms with van der Waals surface area (Å²) < 4.78 is 59.6. The zero-order chi connectivity index (χ0) is 30.2. The van der Waals surface area contributed by atoms with Crippen molar-refractivity contribution in [1.29, 1.82) is 0 Å². The summed E-state index contributed by atoms with van der Waals surface area (Å²) in [6.07, 6.45) is 3.48. The van der Waals surface area contributed by atoms with Crippen molar-refractivity contribution in [2.24, 2.45) is 5.92 Å². The highest BCUT2D eigenvalue weighted by Crippen LogP contribution is 2.29. The van der Waals surface area contributed by atoms with Gasteiger partial charge in [-0.15, -0.1) is 0 Å². The number of halogens is 3. The lowest BCUT2D eigenvalue weighted by atomic mass is 9.93. The Kier molecular flexibility index (Phi) is 11.0. The van der Waals surface area contributed by atoms with Gasteiger partial charge in [0.1, 0.15) is 11.4 Å². The number of aliphatic carboxylic acids is 1. The number of nitrogens with one attached hydrogen (secondary N) is 1. The van der Waals surface area contributed by atoms with E-state index in [0.29, 0.717) is 11.7 Å². The summed E-state index contributed by atoms with van der Waals surface area (Å²) in [5.74, 6) is -2.83. The fourth-order valence-electron chi connectivity index (χ4n) is 4.84. The third kappa shape index (κ3) is 9.59. The molecule has 0 amide bonds. The van der Waals surface area contributed by atoms with E-state index in [1.54, 1.807) is 12.1 Å². The molecule has 0 spiro atoms. The summed E-state index contributed by atoms with van der Waals surface area (Å²) in [7, 11) is -3.83. The molecule has 2 aliphatic heterocycles. The molecule has 0 unspecified atom stereocenters. The normalized spacial score (nSPS) is 16.9. The summed E-state index contributed by atoms with van der Waals surface area (Å²) in [4.78, 5) is 29.9. The number of rotatable bonds is 8. The number of aromatic carboxylic acids is 1. The summed E-state index contributed by atoms with van der Waals surface area (Å²) in [6.45, 7) is 6.97. The van der Waals surface area contributed by atoms with Crippen LogP contribution in [-0.2, 0) is 14.8 Å². The van der Waals surface area contributed by atoms with Crippen LogP contribution in [0.25, 0.3) is 0 Å². The average molecular weight is 601 g/mol. The number of alkyl halides is 3. The van der Waals surface area contributed by atoms with E-state index in [2.05, 4.69) is 14.6 Å². The average Bonchev–Trinajstić information content (AvgIpc) is 2.92. The number of aryl methyl sites for hydroxylation is 1. The van der Waals surface area contributed by atoms with Crippen molar-refractivity contribution in [3.05, 3.63) is 47.7 Å². The Morgan fingerprint density at radius 3 is 2.15 bits per heavy atom. The fourth-order valence-corrected chi connectivity index (χ4v) is 5.87. The zero-order valence-corrected chi connectivity index (χ0v) is 23.5. The van der Waals surface area contributed by atoms with E-state index in [1.807, 2.05) is 11.8 Å². The van der Waals surface area contributed by atoms with Gasteiger partial charge in [0.15, 0.2) is 0 Å². The SMILES string of the molecule is Cc1ccc(S(=O)(=O)Nc2cnc(N3CCC(CCN4CCCCC4)CC3)c(C(=O)O)c2)cc1.O=C(O)C(F)(F)F. The molecular formula is C27H35F3N4O6S. The van der Waals surface area contributed by atoms with Crippen molar-refractivity contribution in [3.63, 3.8) is 0 Å². The molecule has 4 rings (SSSR count). The minimum Gasteiger partial charge on any atom is -0.478 e. The predicted octanol–water partition coefficient (Wildman–Crippen LogP) is 4.61. The molecule has 3 heterocycles. The van der Waals surface area contributed by atoms with Gasteiger partial charge in [-0.2, -0.15) is 13.2 Å². The van der Waals surface area contributed by atoms with Crippen molar-refractivity contribution in [2.75, 3.05) is 42.3 Å². The Bertz CT molecular complexity index is 1290. The van der Waals surface area contributed by atoms with Crippen LogP contribution >= 0.6 is 0 Å². The monoisotopic (exact) mass is 600 g/mol. The number of nitrogens with zero attached hydrogens (tertiary/aromatic N) is 3. The highest BCUT2D eigenvalue weighted by Gasteiger charge is 2.38. The number of aromatic nitrogens is 1. The van der Waals surface area contributed by atoms with E-state index >= 15 is 0 Å². The zero-order valence-electron chi connectivity index (χ0n) is 22.7. The summed E-state index contributed by atoms with van der Waals surface area (Å²) in [5, 5.41) is 16.9. The lowest BCUT2D eigenvalue weighted by Crippen LogP contribution is -2.37. The first-order valence-corrected chi connectivity index (χ1v) is 14.8. The van der Waals surface area contributed by atoms with E-state index in [1.165, 1.54) is 63.2 Å². The first kappa shape index (κ1) is 32.1. The van der Waals surface area contributed by atoms with Gasteiger partial charge < -0.3 is 20.0 Å². The van der Waals surface area contributed by atoms with Gasteiger partial charge in [0.25, 0.3) is 10.0 Å². The fraction of sp³-hybridized carbons (Fsp3) is 0.519. The number of benzene rings is 1. The Balaban J connectivity index is 0.000000587. The van der Waals surface area contributed by atoms with E-state index in [-0.39, 0.29) is 16.1 Å². The molecule has 2 fully saturated rings. The number of carboxylic acid groups (broad SMARTS) is 2. The molecule has 2 saturated heterocycles. The second-order valence-electron chi connectivity index (χ2n) is 10.2. The topological polar surface area (TPSA) is 140 Å². The Labute approximate surface area is 237 Å². The summed E-state index contributed by atoms with van der Waals surface area (Å²) >= 11 is 0. The van der Waals surface area contributed by atoms with Crippen LogP contribution in [0, 0.1) is 12.8 Å². The lowest BCUT2D eigenvalue weighted by Gasteiger charge is -2.35. The van der Waals surface area contributed by atoms with Gasteiger partial charge in [0.2, 0.25) is 0 Å². The first-order chi connectivity index (χ1) is 19.3. The minimum atomic E-state index is -5.08. The lowest BCUT2D eigenvalue weighted by molar-refractivity contribution is -0.192. The second-order valence-corrected chi connectivity index (χ2v) is 11.9. The van der Waals surface area contributed by atoms with Crippen molar-refractivity contribution in [1.82, 2.24) is 9.88 Å². The molecule has 0 saturated carbocycles. The molecule has 2 aliphatic rings. The van der Waals surface area contributed by atoms with Crippen LogP contribution in [0.4, 0.5) is 24.7 Å². The van der Waals surface area contributed by atoms with Gasteiger partial charge in [-0.05, 0) is 82.8 Å². The van der Waals surface area contributed by atoms with E-state index in [4.69, 9.17) is 9.90 Å².